The van der Waals surface area contributed by atoms with Gasteiger partial charge < -0.3 is 5.32 Å². The van der Waals surface area contributed by atoms with Crippen LogP contribution in [-0.2, 0) is 6.54 Å². The molecule has 0 saturated carbocycles. The van der Waals surface area contributed by atoms with Gasteiger partial charge in [0.2, 0.25) is 0 Å². The van der Waals surface area contributed by atoms with Crippen LogP contribution in [0.2, 0.25) is 0 Å². The minimum absolute atomic E-state index is 0.818. The minimum atomic E-state index is 0.818. The van der Waals surface area contributed by atoms with E-state index in [2.05, 4.69) is 60.5 Å². The number of nitrogens with zero attached hydrogens (tertiary/aromatic N) is 1. The first-order chi connectivity index (χ1) is 9.22. The maximum atomic E-state index is 4.66. The van der Waals surface area contributed by atoms with Crippen molar-refractivity contribution in [1.82, 2.24) is 4.98 Å². The Balaban J connectivity index is 1.84. The molecule has 0 bridgehead atoms. The molecule has 0 radical (unpaired) electrons. The first-order valence-corrected chi connectivity index (χ1v) is 7.19. The molecule has 1 aromatic heterocycles. The molecular formula is C16H16N2S. The van der Waals surface area contributed by atoms with Crippen LogP contribution in [0.4, 0.5) is 5.13 Å². The lowest BCUT2D eigenvalue weighted by Crippen LogP contribution is -1.97. The second-order valence-corrected chi connectivity index (χ2v) is 5.79. The summed E-state index contributed by atoms with van der Waals surface area (Å²) in [7, 11) is 0. The Labute approximate surface area is 117 Å². The van der Waals surface area contributed by atoms with Crippen molar-refractivity contribution in [1.29, 1.82) is 0 Å². The molecule has 2 nitrogen and oxygen atoms in total. The minimum Gasteiger partial charge on any atom is -0.357 e. The van der Waals surface area contributed by atoms with Crippen LogP contribution in [0.1, 0.15) is 16.7 Å². The van der Waals surface area contributed by atoms with Crippen LogP contribution in [0.3, 0.4) is 0 Å². The monoisotopic (exact) mass is 268 g/mol. The quantitative estimate of drug-likeness (QED) is 0.755. The molecule has 96 valence electrons. The molecule has 0 fully saturated rings. The summed E-state index contributed by atoms with van der Waals surface area (Å²) in [6.45, 7) is 5.08. The highest BCUT2D eigenvalue weighted by Gasteiger charge is 2.06. The van der Waals surface area contributed by atoms with Gasteiger partial charge in [-0.1, -0.05) is 47.7 Å². The summed E-state index contributed by atoms with van der Waals surface area (Å²) in [5.41, 5.74) is 4.94. The molecule has 0 aliphatic carbocycles. The standard InChI is InChI=1S/C16H16N2S/c1-11-8-12(2)15-14(9-11)18-16(19-15)17-10-13-6-4-3-5-7-13/h3-9H,10H2,1-2H3,(H,17,18). The van der Waals surface area contributed by atoms with Gasteiger partial charge in [0.25, 0.3) is 0 Å². The van der Waals surface area contributed by atoms with E-state index in [1.807, 2.05) is 6.07 Å². The van der Waals surface area contributed by atoms with Gasteiger partial charge in [-0.15, -0.1) is 0 Å². The van der Waals surface area contributed by atoms with Crippen LogP contribution in [0.5, 0.6) is 0 Å². The van der Waals surface area contributed by atoms with Gasteiger partial charge in [0.1, 0.15) is 0 Å². The number of anilines is 1. The zero-order valence-corrected chi connectivity index (χ0v) is 11.9. The second kappa shape index (κ2) is 5.02. The average Bonchev–Trinajstić information content (AvgIpc) is 2.81. The topological polar surface area (TPSA) is 24.9 Å². The van der Waals surface area contributed by atoms with Crippen LogP contribution in [0.25, 0.3) is 10.2 Å². The van der Waals surface area contributed by atoms with E-state index in [-0.39, 0.29) is 0 Å². The fourth-order valence-corrected chi connectivity index (χ4v) is 3.14. The highest BCUT2D eigenvalue weighted by Crippen LogP contribution is 2.29. The van der Waals surface area contributed by atoms with E-state index in [0.717, 1.165) is 17.2 Å². The van der Waals surface area contributed by atoms with Crippen molar-refractivity contribution in [2.75, 3.05) is 5.32 Å². The summed E-state index contributed by atoms with van der Waals surface area (Å²) in [5.74, 6) is 0. The van der Waals surface area contributed by atoms with Crippen molar-refractivity contribution >= 4 is 26.7 Å². The van der Waals surface area contributed by atoms with E-state index in [9.17, 15) is 0 Å². The number of hydrogen-bond acceptors (Lipinski definition) is 3. The summed E-state index contributed by atoms with van der Waals surface area (Å²) in [6, 6.07) is 14.7. The van der Waals surface area contributed by atoms with E-state index in [1.54, 1.807) is 11.3 Å². The molecule has 0 saturated heterocycles. The Morgan fingerprint density at radius 2 is 1.89 bits per heavy atom. The summed E-state index contributed by atoms with van der Waals surface area (Å²) < 4.78 is 1.28. The first kappa shape index (κ1) is 12.2. The van der Waals surface area contributed by atoms with E-state index in [1.165, 1.54) is 21.4 Å². The summed E-state index contributed by atoms with van der Waals surface area (Å²) in [5, 5.41) is 4.40. The van der Waals surface area contributed by atoms with Crippen LogP contribution in [-0.4, -0.2) is 4.98 Å². The van der Waals surface area contributed by atoms with Gasteiger partial charge in [0.15, 0.2) is 5.13 Å². The van der Waals surface area contributed by atoms with Crippen molar-refractivity contribution < 1.29 is 0 Å². The maximum absolute atomic E-state index is 4.66. The van der Waals surface area contributed by atoms with Gasteiger partial charge in [0, 0.05) is 6.54 Å². The summed E-state index contributed by atoms with van der Waals surface area (Å²) >= 11 is 1.73. The predicted octanol–water partition coefficient (Wildman–Crippen LogP) is 4.53. The number of thiazole rings is 1. The molecule has 19 heavy (non-hydrogen) atoms. The van der Waals surface area contributed by atoms with Crippen molar-refractivity contribution in [3.8, 4) is 0 Å². The van der Waals surface area contributed by atoms with E-state index in [4.69, 9.17) is 0 Å². The van der Waals surface area contributed by atoms with Gasteiger partial charge in [-0.3, -0.25) is 0 Å². The summed E-state index contributed by atoms with van der Waals surface area (Å²) in [6.07, 6.45) is 0. The van der Waals surface area contributed by atoms with Gasteiger partial charge >= 0.3 is 0 Å². The van der Waals surface area contributed by atoms with Gasteiger partial charge in [-0.25, -0.2) is 4.98 Å². The molecule has 1 heterocycles. The van der Waals surface area contributed by atoms with Gasteiger partial charge in [0.05, 0.1) is 10.2 Å². The largest absolute Gasteiger partial charge is 0.357 e. The molecular weight excluding hydrogens is 252 g/mol. The molecule has 0 amide bonds. The van der Waals surface area contributed by atoms with E-state index in [0.29, 0.717) is 0 Å². The Morgan fingerprint density at radius 3 is 2.68 bits per heavy atom. The van der Waals surface area contributed by atoms with Crippen molar-refractivity contribution in [3.63, 3.8) is 0 Å². The fourth-order valence-electron chi connectivity index (χ4n) is 2.23. The van der Waals surface area contributed by atoms with Crippen LogP contribution in [0, 0.1) is 13.8 Å². The Bertz CT molecular complexity index is 701. The second-order valence-electron chi connectivity index (χ2n) is 4.79. The lowest BCUT2D eigenvalue weighted by Gasteiger charge is -2.01. The number of aryl methyl sites for hydroxylation is 2. The summed E-state index contributed by atoms with van der Waals surface area (Å²) in [4.78, 5) is 4.66. The molecule has 1 N–H and O–H groups in total. The molecule has 0 atom stereocenters. The Hall–Kier alpha value is -1.87. The molecule has 0 aliphatic heterocycles. The third-order valence-electron chi connectivity index (χ3n) is 3.11. The molecule has 0 unspecified atom stereocenters. The van der Waals surface area contributed by atoms with Gasteiger partial charge in [-0.05, 0) is 36.6 Å². The first-order valence-electron chi connectivity index (χ1n) is 6.38. The molecule has 0 aliphatic rings. The zero-order chi connectivity index (χ0) is 13.2. The van der Waals surface area contributed by atoms with E-state index < -0.39 is 0 Å². The molecule has 3 heteroatoms. The number of hydrogen-bond donors (Lipinski definition) is 1. The normalized spacial score (nSPS) is 10.8. The van der Waals surface area contributed by atoms with Crippen LogP contribution >= 0.6 is 11.3 Å². The fraction of sp³-hybridized carbons (Fsp3) is 0.188. The number of rotatable bonds is 3. The number of fused-ring (bicyclic) bond motifs is 1. The highest BCUT2D eigenvalue weighted by atomic mass is 32.1. The van der Waals surface area contributed by atoms with Gasteiger partial charge in [-0.2, -0.15) is 0 Å². The lowest BCUT2D eigenvalue weighted by atomic mass is 10.1. The van der Waals surface area contributed by atoms with Crippen molar-refractivity contribution in [3.05, 3.63) is 59.2 Å². The number of benzene rings is 2. The van der Waals surface area contributed by atoms with Crippen LogP contribution < -0.4 is 5.32 Å². The zero-order valence-electron chi connectivity index (χ0n) is 11.1. The molecule has 3 rings (SSSR count). The number of aromatic nitrogens is 1. The molecule has 2 aromatic carbocycles. The van der Waals surface area contributed by atoms with Crippen LogP contribution in [0.15, 0.2) is 42.5 Å². The Kier molecular flexibility index (Phi) is 3.22. The predicted molar refractivity (Wildman–Crippen MR) is 82.9 cm³/mol. The SMILES string of the molecule is Cc1cc(C)c2sc(NCc3ccccc3)nc2c1. The molecule has 3 aromatic rings. The highest BCUT2D eigenvalue weighted by molar-refractivity contribution is 7.22. The van der Waals surface area contributed by atoms with E-state index >= 15 is 0 Å². The third-order valence-corrected chi connectivity index (χ3v) is 4.27. The average molecular weight is 268 g/mol. The molecule has 0 spiro atoms. The van der Waals surface area contributed by atoms with Crippen molar-refractivity contribution in [2.24, 2.45) is 0 Å². The number of nitrogens with one attached hydrogen (secondary N) is 1. The lowest BCUT2D eigenvalue weighted by molar-refractivity contribution is 1.14. The maximum Gasteiger partial charge on any atom is 0.184 e. The smallest absolute Gasteiger partial charge is 0.184 e. The Morgan fingerprint density at radius 1 is 1.11 bits per heavy atom. The van der Waals surface area contributed by atoms with Crippen molar-refractivity contribution in [2.45, 2.75) is 20.4 Å². The third kappa shape index (κ3) is 2.61.